The molecule has 0 heterocycles. The maximum absolute atomic E-state index is 7.57. The molecule has 5 heteroatoms. The Hall–Kier alpha value is -1.52. The molecule has 92 valence electrons. The Morgan fingerprint density at radius 1 is 1.11 bits per heavy atom. The van der Waals surface area contributed by atoms with Gasteiger partial charge >= 0.3 is 0 Å². The average Bonchev–Trinajstić information content (AvgIpc) is 2.31. The Balaban J connectivity index is 2.44. The lowest BCUT2D eigenvalue weighted by molar-refractivity contribution is 0.481. The van der Waals surface area contributed by atoms with Gasteiger partial charge in [0.1, 0.15) is 17.3 Å². The second-order valence-corrected chi connectivity index (χ2v) is 4.82. The summed E-state index contributed by atoms with van der Waals surface area (Å²) in [5.74, 6) is 0.953. The van der Waals surface area contributed by atoms with Gasteiger partial charge in [0, 0.05) is 4.47 Å². The van der Waals surface area contributed by atoms with Crippen molar-refractivity contribution in [1.82, 2.24) is 0 Å². The number of hydrogen-bond acceptors (Lipinski definition) is 2. The number of hydrogen-bond donors (Lipinski definition) is 2. The van der Waals surface area contributed by atoms with E-state index in [4.69, 9.17) is 27.5 Å². The summed E-state index contributed by atoms with van der Waals surface area (Å²) in [7, 11) is 0. The third kappa shape index (κ3) is 2.66. The van der Waals surface area contributed by atoms with Gasteiger partial charge in [-0.1, -0.05) is 29.8 Å². The fourth-order valence-corrected chi connectivity index (χ4v) is 2.23. The zero-order chi connectivity index (χ0) is 13.1. The van der Waals surface area contributed by atoms with Crippen LogP contribution in [0, 0.1) is 5.41 Å². The van der Waals surface area contributed by atoms with E-state index in [-0.39, 0.29) is 5.84 Å². The minimum atomic E-state index is -0.0653. The molecule has 0 spiro atoms. The van der Waals surface area contributed by atoms with Gasteiger partial charge < -0.3 is 10.5 Å². The minimum absolute atomic E-state index is 0.0653. The van der Waals surface area contributed by atoms with Gasteiger partial charge in [-0.15, -0.1) is 0 Å². The van der Waals surface area contributed by atoms with Crippen molar-refractivity contribution < 1.29 is 4.74 Å². The van der Waals surface area contributed by atoms with Crippen molar-refractivity contribution in [3.05, 3.63) is 57.5 Å². The van der Waals surface area contributed by atoms with Gasteiger partial charge in [0.05, 0.1) is 10.6 Å². The third-order valence-corrected chi connectivity index (χ3v) is 3.27. The summed E-state index contributed by atoms with van der Waals surface area (Å²) in [6, 6.07) is 12.5. The SMILES string of the molecule is N=C(N)c1c(Br)cccc1Oc1ccccc1Cl. The zero-order valence-electron chi connectivity index (χ0n) is 9.28. The second-order valence-electron chi connectivity index (χ2n) is 3.56. The first-order valence-corrected chi connectivity index (χ1v) is 6.32. The van der Waals surface area contributed by atoms with Gasteiger partial charge in [-0.3, -0.25) is 5.41 Å². The van der Waals surface area contributed by atoms with Crippen molar-refractivity contribution in [2.24, 2.45) is 5.73 Å². The first-order chi connectivity index (χ1) is 8.59. The molecule has 2 rings (SSSR count). The van der Waals surface area contributed by atoms with Crippen LogP contribution in [0.15, 0.2) is 46.9 Å². The molecule has 0 amide bonds. The van der Waals surface area contributed by atoms with Crippen molar-refractivity contribution in [1.29, 1.82) is 5.41 Å². The summed E-state index contributed by atoms with van der Waals surface area (Å²) < 4.78 is 6.41. The zero-order valence-corrected chi connectivity index (χ0v) is 11.6. The summed E-state index contributed by atoms with van der Waals surface area (Å²) >= 11 is 9.37. The Morgan fingerprint density at radius 2 is 1.78 bits per heavy atom. The molecule has 2 aromatic carbocycles. The van der Waals surface area contributed by atoms with E-state index < -0.39 is 0 Å². The first kappa shape index (κ1) is 12.9. The Bertz CT molecular complexity index is 601. The lowest BCUT2D eigenvalue weighted by atomic mass is 10.2. The number of benzene rings is 2. The highest BCUT2D eigenvalue weighted by molar-refractivity contribution is 9.10. The van der Waals surface area contributed by atoms with Crippen LogP contribution in [0.1, 0.15) is 5.56 Å². The van der Waals surface area contributed by atoms with E-state index in [2.05, 4.69) is 15.9 Å². The van der Waals surface area contributed by atoms with E-state index in [0.717, 1.165) is 0 Å². The lowest BCUT2D eigenvalue weighted by Crippen LogP contribution is -2.13. The Labute approximate surface area is 118 Å². The van der Waals surface area contributed by atoms with E-state index >= 15 is 0 Å². The highest BCUT2D eigenvalue weighted by Crippen LogP contribution is 2.33. The van der Waals surface area contributed by atoms with Gasteiger partial charge in [0.2, 0.25) is 0 Å². The summed E-state index contributed by atoms with van der Waals surface area (Å²) in [5, 5.41) is 8.08. The number of halogens is 2. The summed E-state index contributed by atoms with van der Waals surface area (Å²) in [4.78, 5) is 0. The standard InChI is InChI=1S/C13H10BrClN2O/c14-8-4-3-7-11(12(8)13(16)17)18-10-6-2-1-5-9(10)15/h1-7H,(H3,16,17). The van der Waals surface area contributed by atoms with Crippen molar-refractivity contribution in [3.63, 3.8) is 0 Å². The molecule has 0 unspecified atom stereocenters. The molecule has 0 aliphatic heterocycles. The number of amidine groups is 1. The number of para-hydroxylation sites is 1. The van der Waals surface area contributed by atoms with Crippen molar-refractivity contribution in [2.45, 2.75) is 0 Å². The summed E-state index contributed by atoms with van der Waals surface area (Å²) in [6.45, 7) is 0. The molecular weight excluding hydrogens is 316 g/mol. The van der Waals surface area contributed by atoms with Gasteiger partial charge in [-0.2, -0.15) is 0 Å². The molecule has 0 saturated carbocycles. The van der Waals surface area contributed by atoms with Crippen molar-refractivity contribution in [3.8, 4) is 11.5 Å². The van der Waals surface area contributed by atoms with Crippen molar-refractivity contribution >= 4 is 33.4 Å². The second kappa shape index (κ2) is 5.42. The smallest absolute Gasteiger partial charge is 0.146 e. The number of rotatable bonds is 3. The fourth-order valence-electron chi connectivity index (χ4n) is 1.50. The number of nitrogens with one attached hydrogen (secondary N) is 1. The van der Waals surface area contributed by atoms with E-state index in [9.17, 15) is 0 Å². The number of nitrogen functional groups attached to an aromatic ring is 1. The van der Waals surface area contributed by atoms with E-state index in [1.165, 1.54) is 0 Å². The van der Waals surface area contributed by atoms with Crippen LogP contribution in [-0.2, 0) is 0 Å². The van der Waals surface area contributed by atoms with Crippen LogP contribution in [0.4, 0.5) is 0 Å². The summed E-state index contributed by atoms with van der Waals surface area (Å²) in [6.07, 6.45) is 0. The van der Waals surface area contributed by atoms with Crippen molar-refractivity contribution in [2.75, 3.05) is 0 Å². The molecular formula is C13H10BrClN2O. The Kier molecular flexibility index (Phi) is 3.89. The molecule has 3 N–H and O–H groups in total. The molecule has 0 aromatic heterocycles. The fraction of sp³-hybridized carbons (Fsp3) is 0. The van der Waals surface area contributed by atoms with Crippen LogP contribution >= 0.6 is 27.5 Å². The maximum Gasteiger partial charge on any atom is 0.146 e. The highest BCUT2D eigenvalue weighted by atomic mass is 79.9. The predicted octanol–water partition coefficient (Wildman–Crippen LogP) is 4.18. The molecule has 0 radical (unpaired) electrons. The molecule has 0 fully saturated rings. The largest absolute Gasteiger partial charge is 0.455 e. The molecule has 0 atom stereocenters. The number of nitrogens with two attached hydrogens (primary N) is 1. The summed E-state index contributed by atoms with van der Waals surface area (Å²) in [5.41, 5.74) is 6.06. The van der Waals surface area contributed by atoms with E-state index in [1.807, 2.05) is 18.2 Å². The van der Waals surface area contributed by atoms with Crippen LogP contribution < -0.4 is 10.5 Å². The topological polar surface area (TPSA) is 59.1 Å². The van der Waals surface area contributed by atoms with E-state index in [0.29, 0.717) is 26.6 Å². The lowest BCUT2D eigenvalue weighted by Gasteiger charge is -2.12. The molecule has 0 bridgehead atoms. The normalized spacial score (nSPS) is 10.1. The molecule has 18 heavy (non-hydrogen) atoms. The maximum atomic E-state index is 7.57. The molecule has 0 saturated heterocycles. The van der Waals surface area contributed by atoms with E-state index in [1.54, 1.807) is 24.3 Å². The molecule has 0 aliphatic carbocycles. The van der Waals surface area contributed by atoms with Crippen LogP contribution in [0.5, 0.6) is 11.5 Å². The average molecular weight is 326 g/mol. The van der Waals surface area contributed by atoms with Crippen LogP contribution in [0.25, 0.3) is 0 Å². The monoisotopic (exact) mass is 324 g/mol. The Morgan fingerprint density at radius 3 is 2.44 bits per heavy atom. The van der Waals surface area contributed by atoms with Gasteiger partial charge in [-0.05, 0) is 40.2 Å². The van der Waals surface area contributed by atoms with Crippen LogP contribution in [-0.4, -0.2) is 5.84 Å². The van der Waals surface area contributed by atoms with Crippen LogP contribution in [0.2, 0.25) is 5.02 Å². The minimum Gasteiger partial charge on any atom is -0.455 e. The molecule has 2 aromatic rings. The highest BCUT2D eigenvalue weighted by Gasteiger charge is 2.12. The molecule has 3 nitrogen and oxygen atoms in total. The quantitative estimate of drug-likeness (QED) is 0.657. The third-order valence-electron chi connectivity index (χ3n) is 2.30. The van der Waals surface area contributed by atoms with Crippen LogP contribution in [0.3, 0.4) is 0 Å². The van der Waals surface area contributed by atoms with Gasteiger partial charge in [0.25, 0.3) is 0 Å². The first-order valence-electron chi connectivity index (χ1n) is 5.15. The number of ether oxygens (including phenoxy) is 1. The molecule has 0 aliphatic rings. The van der Waals surface area contributed by atoms with Gasteiger partial charge in [-0.25, -0.2) is 0 Å². The van der Waals surface area contributed by atoms with Gasteiger partial charge in [0.15, 0.2) is 0 Å². The predicted molar refractivity (Wildman–Crippen MR) is 76.7 cm³/mol.